The molecule has 0 saturated carbocycles. The van der Waals surface area contributed by atoms with E-state index < -0.39 is 0 Å². The molecule has 19 heavy (non-hydrogen) atoms. The van der Waals surface area contributed by atoms with Gasteiger partial charge in [-0.1, -0.05) is 12.1 Å². The monoisotopic (exact) mass is 272 g/mol. The molecule has 2 heterocycles. The van der Waals surface area contributed by atoms with E-state index in [1.54, 1.807) is 11.3 Å². The number of nitrogens with one attached hydrogen (secondary N) is 1. The molecule has 0 aliphatic heterocycles. The zero-order valence-corrected chi connectivity index (χ0v) is 11.7. The molecular weight excluding hydrogens is 256 g/mol. The maximum Gasteiger partial charge on any atom is 0.109 e. The summed E-state index contributed by atoms with van der Waals surface area (Å²) in [5.74, 6) is 1.11. The first-order valence-electron chi connectivity index (χ1n) is 6.34. The first-order valence-corrected chi connectivity index (χ1v) is 7.16. The molecule has 0 saturated heterocycles. The third kappa shape index (κ3) is 2.83. The van der Waals surface area contributed by atoms with E-state index >= 15 is 0 Å². The van der Waals surface area contributed by atoms with Crippen molar-refractivity contribution in [1.29, 1.82) is 0 Å². The molecule has 0 aliphatic rings. The zero-order chi connectivity index (χ0) is 13.1. The van der Waals surface area contributed by atoms with Crippen molar-refractivity contribution < 1.29 is 0 Å². The molecule has 0 amide bonds. The number of hydrogen-bond donors (Lipinski definition) is 1. The quantitative estimate of drug-likeness (QED) is 0.725. The number of aryl methyl sites for hydroxylation is 1. The third-order valence-corrected chi connectivity index (χ3v) is 4.10. The summed E-state index contributed by atoms with van der Waals surface area (Å²) in [5, 5.41) is 4.56. The molecule has 0 fully saturated rings. The van der Waals surface area contributed by atoms with Crippen LogP contribution in [0.1, 0.15) is 10.8 Å². The Bertz CT molecular complexity index is 638. The number of fused-ring (bicyclic) bond motifs is 1. The molecule has 5 heteroatoms. The Hall–Kier alpha value is -1.72. The largest absolute Gasteiger partial charge is 0.338 e. The summed E-state index contributed by atoms with van der Waals surface area (Å²) in [5.41, 5.74) is 1.09. The Labute approximate surface area is 116 Å². The smallest absolute Gasteiger partial charge is 0.109 e. The van der Waals surface area contributed by atoms with E-state index in [1.807, 2.05) is 25.5 Å². The lowest BCUT2D eigenvalue weighted by Gasteiger charge is -2.02. The predicted octanol–water partition coefficient (Wildman–Crippen LogP) is 2.36. The third-order valence-electron chi connectivity index (χ3n) is 3.06. The number of thiazole rings is 1. The summed E-state index contributed by atoms with van der Waals surface area (Å²) in [6, 6.07) is 8.26. The number of rotatable bonds is 5. The number of para-hydroxylation sites is 1. The minimum absolute atomic E-state index is 0.823. The van der Waals surface area contributed by atoms with Crippen molar-refractivity contribution in [3.8, 4) is 0 Å². The molecule has 98 valence electrons. The topological polar surface area (TPSA) is 42.7 Å². The predicted molar refractivity (Wildman–Crippen MR) is 78.2 cm³/mol. The van der Waals surface area contributed by atoms with Crippen LogP contribution in [0.3, 0.4) is 0 Å². The number of nitrogens with zero attached hydrogens (tertiary/aromatic N) is 3. The molecule has 3 rings (SSSR count). The fraction of sp³-hybridized carbons (Fsp3) is 0.286. The van der Waals surface area contributed by atoms with Crippen LogP contribution in [0, 0.1) is 0 Å². The molecule has 0 atom stereocenters. The summed E-state index contributed by atoms with van der Waals surface area (Å²) in [7, 11) is 2.02. The number of hydrogen-bond acceptors (Lipinski definition) is 4. The molecular formula is C14H16N4S. The molecule has 0 bridgehead atoms. The van der Waals surface area contributed by atoms with Crippen LogP contribution >= 0.6 is 11.3 Å². The van der Waals surface area contributed by atoms with Crippen molar-refractivity contribution in [1.82, 2.24) is 19.9 Å². The van der Waals surface area contributed by atoms with Gasteiger partial charge in [0.05, 0.1) is 10.2 Å². The Morgan fingerprint density at radius 2 is 2.21 bits per heavy atom. The van der Waals surface area contributed by atoms with Crippen LogP contribution in [0.25, 0.3) is 10.2 Å². The molecule has 3 aromatic rings. The maximum absolute atomic E-state index is 4.60. The number of imidazole rings is 1. The van der Waals surface area contributed by atoms with E-state index in [-0.39, 0.29) is 0 Å². The van der Waals surface area contributed by atoms with Crippen LogP contribution in [-0.4, -0.2) is 21.1 Å². The summed E-state index contributed by atoms with van der Waals surface area (Å²) >= 11 is 1.75. The van der Waals surface area contributed by atoms with Crippen molar-refractivity contribution in [2.24, 2.45) is 7.05 Å². The van der Waals surface area contributed by atoms with Crippen molar-refractivity contribution in [3.63, 3.8) is 0 Å². The van der Waals surface area contributed by atoms with E-state index in [1.165, 1.54) is 4.70 Å². The van der Waals surface area contributed by atoms with Gasteiger partial charge in [0.15, 0.2) is 0 Å². The molecule has 0 radical (unpaired) electrons. The number of aromatic nitrogens is 3. The molecule has 0 spiro atoms. The van der Waals surface area contributed by atoms with Crippen molar-refractivity contribution in [2.75, 3.05) is 6.54 Å². The van der Waals surface area contributed by atoms with Crippen LogP contribution in [0.2, 0.25) is 0 Å². The average Bonchev–Trinajstić information content (AvgIpc) is 3.00. The summed E-state index contributed by atoms with van der Waals surface area (Å²) in [6.45, 7) is 1.74. The SMILES string of the molecule is Cn1ccnc1CCNCc1nc2ccccc2s1. The molecule has 1 N–H and O–H groups in total. The van der Waals surface area contributed by atoms with E-state index in [0.29, 0.717) is 0 Å². The molecule has 4 nitrogen and oxygen atoms in total. The molecule has 2 aromatic heterocycles. The van der Waals surface area contributed by atoms with Crippen molar-refractivity contribution >= 4 is 21.6 Å². The van der Waals surface area contributed by atoms with Gasteiger partial charge in [-0.2, -0.15) is 0 Å². The van der Waals surface area contributed by atoms with E-state index in [2.05, 4.69) is 38.1 Å². The van der Waals surface area contributed by atoms with Crippen LogP contribution in [0.15, 0.2) is 36.7 Å². The summed E-state index contributed by atoms with van der Waals surface area (Å²) < 4.78 is 3.31. The Morgan fingerprint density at radius 1 is 1.32 bits per heavy atom. The van der Waals surface area contributed by atoms with Gasteiger partial charge in [0.25, 0.3) is 0 Å². The van der Waals surface area contributed by atoms with Gasteiger partial charge in [0.1, 0.15) is 10.8 Å². The van der Waals surface area contributed by atoms with Gasteiger partial charge in [0, 0.05) is 39.0 Å². The average molecular weight is 272 g/mol. The minimum atomic E-state index is 0.823. The minimum Gasteiger partial charge on any atom is -0.338 e. The van der Waals surface area contributed by atoms with E-state index in [4.69, 9.17) is 0 Å². The van der Waals surface area contributed by atoms with E-state index in [9.17, 15) is 0 Å². The highest BCUT2D eigenvalue weighted by Gasteiger charge is 2.03. The normalized spacial score (nSPS) is 11.2. The Kier molecular flexibility index (Phi) is 3.57. The van der Waals surface area contributed by atoms with Gasteiger partial charge in [-0.05, 0) is 12.1 Å². The van der Waals surface area contributed by atoms with Gasteiger partial charge >= 0.3 is 0 Å². The van der Waals surface area contributed by atoms with Gasteiger partial charge in [-0.25, -0.2) is 9.97 Å². The molecule has 0 unspecified atom stereocenters. The van der Waals surface area contributed by atoms with Crippen LogP contribution in [-0.2, 0) is 20.0 Å². The molecule has 1 aromatic carbocycles. The maximum atomic E-state index is 4.60. The Morgan fingerprint density at radius 3 is 3.00 bits per heavy atom. The van der Waals surface area contributed by atoms with Crippen LogP contribution in [0.5, 0.6) is 0 Å². The van der Waals surface area contributed by atoms with Crippen molar-refractivity contribution in [3.05, 3.63) is 47.5 Å². The first kappa shape index (κ1) is 12.3. The highest BCUT2D eigenvalue weighted by atomic mass is 32.1. The lowest BCUT2D eigenvalue weighted by atomic mass is 10.3. The number of benzene rings is 1. The van der Waals surface area contributed by atoms with Gasteiger partial charge in [0.2, 0.25) is 0 Å². The van der Waals surface area contributed by atoms with Crippen LogP contribution in [0.4, 0.5) is 0 Å². The second kappa shape index (κ2) is 5.50. The second-order valence-corrected chi connectivity index (χ2v) is 5.57. The summed E-state index contributed by atoms with van der Waals surface area (Å²) in [6.07, 6.45) is 4.75. The van der Waals surface area contributed by atoms with Crippen LogP contribution < -0.4 is 5.32 Å². The lowest BCUT2D eigenvalue weighted by molar-refractivity contribution is 0.653. The fourth-order valence-corrected chi connectivity index (χ4v) is 2.97. The van der Waals surface area contributed by atoms with Crippen molar-refractivity contribution in [2.45, 2.75) is 13.0 Å². The van der Waals surface area contributed by atoms with E-state index in [0.717, 1.165) is 35.9 Å². The second-order valence-electron chi connectivity index (χ2n) is 4.46. The summed E-state index contributed by atoms with van der Waals surface area (Å²) in [4.78, 5) is 8.91. The fourth-order valence-electron chi connectivity index (χ4n) is 2.03. The molecule has 0 aliphatic carbocycles. The van der Waals surface area contributed by atoms with Gasteiger partial charge in [-0.3, -0.25) is 0 Å². The van der Waals surface area contributed by atoms with Gasteiger partial charge in [-0.15, -0.1) is 11.3 Å². The Balaban J connectivity index is 1.53. The standard InChI is InChI=1S/C14H16N4S/c1-18-9-8-16-13(18)6-7-15-10-14-17-11-4-2-3-5-12(11)19-14/h2-5,8-9,15H,6-7,10H2,1H3. The van der Waals surface area contributed by atoms with Gasteiger partial charge < -0.3 is 9.88 Å². The lowest BCUT2D eigenvalue weighted by Crippen LogP contribution is -2.18. The first-order chi connectivity index (χ1) is 9.33. The highest BCUT2D eigenvalue weighted by Crippen LogP contribution is 2.21. The zero-order valence-electron chi connectivity index (χ0n) is 10.8. The highest BCUT2D eigenvalue weighted by molar-refractivity contribution is 7.18.